The van der Waals surface area contributed by atoms with Crippen molar-refractivity contribution in [1.82, 2.24) is 0 Å². The van der Waals surface area contributed by atoms with Gasteiger partial charge in [-0.25, -0.2) is 0 Å². The summed E-state index contributed by atoms with van der Waals surface area (Å²) in [6.07, 6.45) is 0. The average molecular weight is 231 g/mol. The molecule has 0 saturated carbocycles. The Kier molecular flexibility index (Phi) is 4.34. The Balaban J connectivity index is 0.000000720. The first-order valence-corrected chi connectivity index (χ1v) is 5.40. The molecule has 0 amide bonds. The molecular weight excluding hydrogens is 222 g/mol. The van der Waals surface area contributed by atoms with Crippen LogP contribution in [0, 0.1) is 0 Å². The van der Waals surface area contributed by atoms with Crippen LogP contribution < -0.4 is 29.6 Å². The molecule has 0 atom stereocenters. The van der Waals surface area contributed by atoms with Crippen LogP contribution in [0.2, 0.25) is 0 Å². The summed E-state index contributed by atoms with van der Waals surface area (Å²) in [4.78, 5) is 2.25. The van der Waals surface area contributed by atoms with E-state index >= 15 is 0 Å². The van der Waals surface area contributed by atoms with Crippen LogP contribution >= 0.6 is 0 Å². The molecule has 0 aliphatic rings. The molecule has 1 aromatic heterocycles. The van der Waals surface area contributed by atoms with Gasteiger partial charge in [0.25, 0.3) is 0 Å². The molecule has 0 bridgehead atoms. The van der Waals surface area contributed by atoms with Crippen LogP contribution in [0.15, 0.2) is 47.4 Å². The van der Waals surface area contributed by atoms with Crippen molar-refractivity contribution < 1.29 is 31.0 Å². The van der Waals surface area contributed by atoms with Crippen LogP contribution in [-0.4, -0.2) is 14.5 Å². The number of hydrogen-bond acceptors (Lipinski definition) is 0. The summed E-state index contributed by atoms with van der Waals surface area (Å²) >= 11 is 0.571. The summed E-state index contributed by atoms with van der Waals surface area (Å²) in [7, 11) is 0. The molecule has 0 saturated heterocycles. The van der Waals surface area contributed by atoms with Crippen molar-refractivity contribution in [2.45, 2.75) is 0 Å². The van der Waals surface area contributed by atoms with E-state index in [0.717, 1.165) is 0 Å². The first-order chi connectivity index (χ1) is 5.47. The molecule has 0 fully saturated rings. The second-order valence-corrected chi connectivity index (χ2v) is 4.33. The molecule has 0 unspecified atom stereocenters. The zero-order chi connectivity index (χ0) is 7.52. The zero-order valence-electron chi connectivity index (χ0n) is 8.03. The van der Waals surface area contributed by atoms with Gasteiger partial charge in [0, 0.05) is 0 Å². The van der Waals surface area contributed by atoms with E-state index in [9.17, 15) is 0 Å². The van der Waals surface area contributed by atoms with Gasteiger partial charge < -0.3 is 1.43 Å². The summed E-state index contributed by atoms with van der Waals surface area (Å²) in [6, 6.07) is 14.9. The van der Waals surface area contributed by atoms with Gasteiger partial charge in [-0.1, -0.05) is 0 Å². The summed E-state index contributed by atoms with van der Waals surface area (Å²) in [5.41, 5.74) is 1.37. The van der Waals surface area contributed by atoms with Gasteiger partial charge in [0.05, 0.1) is 0 Å². The van der Waals surface area contributed by atoms with E-state index in [4.69, 9.17) is 0 Å². The molecule has 0 aliphatic carbocycles. The fourth-order valence-electron chi connectivity index (χ4n) is 1.05. The molecule has 0 N–H and O–H groups in total. The molecule has 0 nitrogen and oxygen atoms in total. The average Bonchev–Trinajstić information content (AvgIpc) is 2.58. The van der Waals surface area contributed by atoms with Crippen LogP contribution in [-0.2, 0) is 0 Å². The Bertz CT molecular complexity index is 318. The van der Waals surface area contributed by atoms with Gasteiger partial charge >= 0.3 is 101 Å². The maximum absolute atomic E-state index is 2.25. The number of rotatable bonds is 1. The molecular formula is C10H9NaSe. The predicted octanol–water partition coefficient (Wildman–Crippen LogP) is -0.473. The van der Waals surface area contributed by atoms with Gasteiger partial charge in [0.1, 0.15) is 0 Å². The Morgan fingerprint density at radius 1 is 0.917 bits per heavy atom. The van der Waals surface area contributed by atoms with E-state index in [2.05, 4.69) is 47.4 Å². The first kappa shape index (κ1) is 10.3. The molecule has 1 aromatic carbocycles. The molecule has 56 valence electrons. The van der Waals surface area contributed by atoms with Crippen molar-refractivity contribution in [3.63, 3.8) is 0 Å². The van der Waals surface area contributed by atoms with Crippen LogP contribution in [0.1, 0.15) is 1.43 Å². The summed E-state index contributed by atoms with van der Waals surface area (Å²) in [5.74, 6) is 0. The Morgan fingerprint density at radius 2 is 1.67 bits per heavy atom. The normalized spacial score (nSPS) is 9.00. The van der Waals surface area contributed by atoms with Gasteiger partial charge in [-0.15, -0.1) is 0 Å². The maximum atomic E-state index is 2.25. The van der Waals surface area contributed by atoms with E-state index in [-0.39, 0.29) is 31.0 Å². The van der Waals surface area contributed by atoms with Crippen molar-refractivity contribution in [2.75, 3.05) is 0 Å². The Labute approximate surface area is 102 Å². The molecule has 0 aliphatic heterocycles. The molecule has 0 spiro atoms. The van der Waals surface area contributed by atoms with Crippen molar-refractivity contribution >= 4 is 14.5 Å². The van der Waals surface area contributed by atoms with Crippen LogP contribution in [0.3, 0.4) is 0 Å². The Hall–Kier alpha value is 0.219. The van der Waals surface area contributed by atoms with Crippen molar-refractivity contribution in [2.24, 2.45) is 0 Å². The molecule has 1 heterocycles. The summed E-state index contributed by atoms with van der Waals surface area (Å²) in [6.45, 7) is 0. The van der Waals surface area contributed by atoms with E-state index in [1.807, 2.05) is 0 Å². The quantitative estimate of drug-likeness (QED) is 0.582. The molecule has 12 heavy (non-hydrogen) atoms. The number of hydrogen-bond donors (Lipinski definition) is 0. The fourth-order valence-corrected chi connectivity index (χ4v) is 2.58. The summed E-state index contributed by atoms with van der Waals surface area (Å²) in [5, 5.41) is 0. The topological polar surface area (TPSA) is 0 Å². The standard InChI is InChI=1S/C10H8Se.Na.H/c1-2-5-9(6-3-1)10-7-4-8-11-10;;/h1-8H;;/q;+1;-1. The predicted molar refractivity (Wildman–Crippen MR) is 49.9 cm³/mol. The van der Waals surface area contributed by atoms with Crippen LogP contribution in [0.4, 0.5) is 0 Å². The van der Waals surface area contributed by atoms with E-state index in [0.29, 0.717) is 14.5 Å². The van der Waals surface area contributed by atoms with E-state index in [1.54, 1.807) is 0 Å². The molecule has 2 rings (SSSR count). The van der Waals surface area contributed by atoms with Gasteiger partial charge in [0.2, 0.25) is 0 Å². The first-order valence-electron chi connectivity index (χ1n) is 3.56. The van der Waals surface area contributed by atoms with Crippen molar-refractivity contribution in [3.05, 3.63) is 47.4 Å². The third-order valence-electron chi connectivity index (χ3n) is 1.58. The van der Waals surface area contributed by atoms with Crippen molar-refractivity contribution in [1.29, 1.82) is 0 Å². The van der Waals surface area contributed by atoms with Crippen molar-refractivity contribution in [3.8, 4) is 10.0 Å². The second-order valence-electron chi connectivity index (χ2n) is 2.34. The van der Waals surface area contributed by atoms with Gasteiger partial charge in [-0.05, 0) is 0 Å². The zero-order valence-corrected chi connectivity index (χ0v) is 10.7. The second kappa shape index (κ2) is 5.06. The monoisotopic (exact) mass is 232 g/mol. The third kappa shape index (κ3) is 2.35. The van der Waals surface area contributed by atoms with Gasteiger partial charge in [-0.2, -0.15) is 0 Å². The summed E-state index contributed by atoms with van der Waals surface area (Å²) < 4.78 is 1.48. The minimum atomic E-state index is 0. The van der Waals surface area contributed by atoms with Crippen LogP contribution in [0.5, 0.6) is 0 Å². The van der Waals surface area contributed by atoms with E-state index < -0.39 is 0 Å². The molecule has 0 radical (unpaired) electrons. The molecule has 2 heteroatoms. The van der Waals surface area contributed by atoms with E-state index in [1.165, 1.54) is 10.0 Å². The molecule has 2 aromatic rings. The SMILES string of the molecule is [H-].[Na+].c1ccc(-c2ccc[se]2)cc1. The number of benzene rings is 1. The van der Waals surface area contributed by atoms with Gasteiger partial charge in [-0.3, -0.25) is 0 Å². The third-order valence-corrected chi connectivity index (χ3v) is 3.51. The minimum absolute atomic E-state index is 0. The van der Waals surface area contributed by atoms with Crippen LogP contribution in [0.25, 0.3) is 10.0 Å². The van der Waals surface area contributed by atoms with Gasteiger partial charge in [0.15, 0.2) is 0 Å². The Morgan fingerprint density at radius 3 is 2.25 bits per heavy atom. The fraction of sp³-hybridized carbons (Fsp3) is 0.